The van der Waals surface area contributed by atoms with E-state index in [0.717, 1.165) is 19.6 Å². The summed E-state index contributed by atoms with van der Waals surface area (Å²) in [7, 11) is 3.92. The van der Waals surface area contributed by atoms with Crippen LogP contribution in [0.25, 0.3) is 0 Å². The lowest BCUT2D eigenvalue weighted by Crippen LogP contribution is -2.54. The Hall–Kier alpha value is -0.750. The normalized spacial score (nSPS) is 24.5. The van der Waals surface area contributed by atoms with Crippen molar-refractivity contribution in [2.24, 2.45) is 0 Å². The second kappa shape index (κ2) is 5.37. The van der Waals surface area contributed by atoms with Crippen molar-refractivity contribution in [2.45, 2.75) is 12.5 Å². The molecule has 0 bridgehead atoms. The minimum atomic E-state index is -2.92. The lowest BCUT2D eigenvalue weighted by Gasteiger charge is -2.37. The van der Waals surface area contributed by atoms with Crippen molar-refractivity contribution < 1.29 is 13.6 Å². The van der Waals surface area contributed by atoms with Crippen molar-refractivity contribution in [1.82, 2.24) is 15.1 Å². The van der Waals surface area contributed by atoms with E-state index in [0.29, 0.717) is 0 Å². The molecule has 1 heterocycles. The summed E-state index contributed by atoms with van der Waals surface area (Å²) in [6.07, 6.45) is -2.92. The molecule has 1 atom stereocenters. The first-order valence-corrected chi connectivity index (χ1v) is 4.95. The van der Waals surface area contributed by atoms with Gasteiger partial charge in [0.15, 0.2) is 0 Å². The number of hydrogen-bond donors (Lipinski definition) is 1. The largest absolute Gasteiger partial charge is 0.350 e. The molecule has 0 aromatic heterocycles. The van der Waals surface area contributed by atoms with Crippen LogP contribution < -0.4 is 5.32 Å². The summed E-state index contributed by atoms with van der Waals surface area (Å²) >= 11 is 0. The zero-order valence-corrected chi connectivity index (χ0v) is 9.04. The quantitative estimate of drug-likeness (QED) is 0.705. The summed E-state index contributed by atoms with van der Waals surface area (Å²) in [4.78, 5) is 14.9. The van der Waals surface area contributed by atoms with Gasteiger partial charge in [0.1, 0.15) is 0 Å². The smallest absolute Gasteiger partial charge is 0.315 e. The highest BCUT2D eigenvalue weighted by Crippen LogP contribution is 2.04. The Morgan fingerprint density at radius 3 is 2.73 bits per heavy atom. The number of nitrogens with one attached hydrogen (secondary N) is 1. The van der Waals surface area contributed by atoms with Gasteiger partial charge in [0, 0.05) is 32.2 Å². The second-order valence-electron chi connectivity index (χ2n) is 3.94. The van der Waals surface area contributed by atoms with Crippen LogP contribution in [0.5, 0.6) is 0 Å². The van der Waals surface area contributed by atoms with E-state index in [1.807, 2.05) is 14.1 Å². The van der Waals surface area contributed by atoms with Gasteiger partial charge in [-0.1, -0.05) is 0 Å². The van der Waals surface area contributed by atoms with Gasteiger partial charge in [-0.3, -0.25) is 9.69 Å². The molecule has 1 aliphatic rings. The molecule has 1 saturated heterocycles. The second-order valence-corrected chi connectivity index (χ2v) is 3.94. The van der Waals surface area contributed by atoms with Gasteiger partial charge in [0.05, 0.1) is 0 Å². The highest BCUT2D eigenvalue weighted by atomic mass is 19.3. The molecule has 6 heteroatoms. The zero-order valence-electron chi connectivity index (χ0n) is 9.04. The van der Waals surface area contributed by atoms with Crippen molar-refractivity contribution >= 4 is 5.91 Å². The molecular formula is C9H17F2N3O. The lowest BCUT2D eigenvalue weighted by molar-refractivity contribution is -0.132. The molecule has 1 unspecified atom stereocenters. The fourth-order valence-electron chi connectivity index (χ4n) is 1.62. The number of rotatable bonds is 3. The van der Waals surface area contributed by atoms with Gasteiger partial charge in [-0.25, -0.2) is 0 Å². The summed E-state index contributed by atoms with van der Waals surface area (Å²) < 4.78 is 23.8. The maximum atomic E-state index is 11.9. The average molecular weight is 221 g/mol. The van der Waals surface area contributed by atoms with E-state index in [2.05, 4.69) is 15.1 Å². The number of alkyl halides is 2. The van der Waals surface area contributed by atoms with Gasteiger partial charge in [0.2, 0.25) is 0 Å². The summed E-state index contributed by atoms with van der Waals surface area (Å²) in [5.74, 6) is -1.18. The standard InChI is InChI=1S/C9H17F2N3O/c1-13-3-4-14(2)7(6-13)5-12-9(15)8(10)11/h7-8H,3-6H2,1-2H3,(H,12,15). The maximum Gasteiger partial charge on any atom is 0.315 e. The first-order chi connectivity index (χ1) is 7.00. The summed E-state index contributed by atoms with van der Waals surface area (Å²) in [6, 6.07) is 0.117. The van der Waals surface area contributed by atoms with Gasteiger partial charge >= 0.3 is 6.43 Å². The van der Waals surface area contributed by atoms with E-state index in [1.54, 1.807) is 0 Å². The maximum absolute atomic E-state index is 11.9. The highest BCUT2D eigenvalue weighted by Gasteiger charge is 2.23. The van der Waals surface area contributed by atoms with Gasteiger partial charge < -0.3 is 10.2 Å². The van der Waals surface area contributed by atoms with E-state index in [4.69, 9.17) is 0 Å². The number of nitrogens with zero attached hydrogens (tertiary/aromatic N) is 2. The molecule has 15 heavy (non-hydrogen) atoms. The van der Waals surface area contributed by atoms with Gasteiger partial charge in [0.25, 0.3) is 5.91 Å². The fraction of sp³-hybridized carbons (Fsp3) is 0.889. The first-order valence-electron chi connectivity index (χ1n) is 4.95. The minimum Gasteiger partial charge on any atom is -0.350 e. The molecule has 0 aromatic carbocycles. The van der Waals surface area contributed by atoms with Crippen LogP contribution in [0.2, 0.25) is 0 Å². The van der Waals surface area contributed by atoms with E-state index in [-0.39, 0.29) is 12.6 Å². The molecule has 0 radical (unpaired) electrons. The van der Waals surface area contributed by atoms with Crippen molar-refractivity contribution in [3.63, 3.8) is 0 Å². The molecule has 4 nitrogen and oxygen atoms in total. The molecule has 1 rings (SSSR count). The molecule has 1 aliphatic heterocycles. The van der Waals surface area contributed by atoms with Crippen LogP contribution in [0.1, 0.15) is 0 Å². The van der Waals surface area contributed by atoms with Crippen LogP contribution in [-0.4, -0.2) is 68.4 Å². The van der Waals surface area contributed by atoms with Gasteiger partial charge in [-0.15, -0.1) is 0 Å². The van der Waals surface area contributed by atoms with Gasteiger partial charge in [-0.05, 0) is 14.1 Å². The molecule has 1 amide bonds. The molecule has 88 valence electrons. The number of hydrogen-bond acceptors (Lipinski definition) is 3. The van der Waals surface area contributed by atoms with E-state index in [1.165, 1.54) is 0 Å². The van der Waals surface area contributed by atoms with Crippen molar-refractivity contribution in [1.29, 1.82) is 0 Å². The molecule has 1 fully saturated rings. The number of piperazine rings is 1. The molecule has 0 saturated carbocycles. The Morgan fingerprint density at radius 2 is 2.13 bits per heavy atom. The first kappa shape index (κ1) is 12.3. The average Bonchev–Trinajstić information content (AvgIpc) is 2.18. The minimum absolute atomic E-state index is 0.117. The molecule has 0 aliphatic carbocycles. The van der Waals surface area contributed by atoms with Crippen LogP contribution in [0.15, 0.2) is 0 Å². The van der Waals surface area contributed by atoms with Gasteiger partial charge in [-0.2, -0.15) is 8.78 Å². The van der Waals surface area contributed by atoms with Crippen molar-refractivity contribution in [3.8, 4) is 0 Å². The molecule has 0 spiro atoms. The Labute approximate surface area is 88.2 Å². The number of amides is 1. The van der Waals surface area contributed by atoms with Crippen LogP contribution in [0, 0.1) is 0 Å². The SMILES string of the molecule is CN1CCN(C)C(CNC(=O)C(F)F)C1. The monoisotopic (exact) mass is 221 g/mol. The topological polar surface area (TPSA) is 35.6 Å². The van der Waals surface area contributed by atoms with E-state index < -0.39 is 12.3 Å². The Kier molecular flexibility index (Phi) is 4.41. The van der Waals surface area contributed by atoms with Crippen LogP contribution in [-0.2, 0) is 4.79 Å². The molecular weight excluding hydrogens is 204 g/mol. The Balaban J connectivity index is 2.33. The third-order valence-electron chi connectivity index (χ3n) is 2.69. The Bertz CT molecular complexity index is 225. The van der Waals surface area contributed by atoms with Crippen LogP contribution in [0.3, 0.4) is 0 Å². The number of likely N-dealkylation sites (N-methyl/N-ethyl adjacent to an activating group) is 2. The predicted octanol–water partition coefficient (Wildman–Crippen LogP) is -0.386. The van der Waals surface area contributed by atoms with Crippen molar-refractivity contribution in [2.75, 3.05) is 40.3 Å². The van der Waals surface area contributed by atoms with E-state index in [9.17, 15) is 13.6 Å². The zero-order chi connectivity index (χ0) is 11.4. The Morgan fingerprint density at radius 1 is 1.47 bits per heavy atom. The number of halogens is 2. The molecule has 0 aromatic rings. The number of carbonyl (C=O) groups excluding carboxylic acids is 1. The molecule has 1 N–H and O–H groups in total. The fourth-order valence-corrected chi connectivity index (χ4v) is 1.62. The third-order valence-corrected chi connectivity index (χ3v) is 2.69. The lowest BCUT2D eigenvalue weighted by atomic mass is 10.2. The van der Waals surface area contributed by atoms with E-state index >= 15 is 0 Å². The van der Waals surface area contributed by atoms with Crippen LogP contribution in [0.4, 0.5) is 8.78 Å². The van der Waals surface area contributed by atoms with Crippen LogP contribution >= 0.6 is 0 Å². The summed E-state index contributed by atoms with van der Waals surface area (Å²) in [5.41, 5.74) is 0. The summed E-state index contributed by atoms with van der Waals surface area (Å²) in [6.45, 7) is 2.94. The van der Waals surface area contributed by atoms with Crippen molar-refractivity contribution in [3.05, 3.63) is 0 Å². The summed E-state index contributed by atoms with van der Waals surface area (Å²) in [5, 5.41) is 2.25. The number of carbonyl (C=O) groups is 1. The highest BCUT2D eigenvalue weighted by molar-refractivity contribution is 5.79. The predicted molar refractivity (Wildman–Crippen MR) is 52.9 cm³/mol. The third kappa shape index (κ3) is 3.71.